The molecule has 0 radical (unpaired) electrons. The first-order valence-electron chi connectivity index (χ1n) is 9.98. The molecule has 0 unspecified atom stereocenters. The number of hydrogen-bond acceptors (Lipinski definition) is 1. The molecule has 3 nitrogen and oxygen atoms in total. The van der Waals surface area contributed by atoms with Crippen LogP contribution in [0.1, 0.15) is 34.6 Å². The molecule has 1 aromatic carbocycles. The summed E-state index contributed by atoms with van der Waals surface area (Å²) >= 11 is 0. The summed E-state index contributed by atoms with van der Waals surface area (Å²) in [6.45, 7) is 7.91. The first-order chi connectivity index (χ1) is 13.1. The fourth-order valence-electron chi connectivity index (χ4n) is 3.49. The topological polar surface area (TPSA) is 21.2 Å². The van der Waals surface area contributed by atoms with Gasteiger partial charge in [-0.3, -0.25) is 4.40 Å². The Bertz CT molecular complexity index is 1200. The first kappa shape index (κ1) is 14.5. The van der Waals surface area contributed by atoms with E-state index < -0.39 is 11.8 Å². The van der Waals surface area contributed by atoms with Gasteiger partial charge in [0.1, 0.15) is 12.7 Å². The molecule has 0 fully saturated rings. The van der Waals surface area contributed by atoms with Gasteiger partial charge in [-0.15, -0.1) is 0 Å². The predicted octanol–water partition coefficient (Wildman–Crippen LogP) is 4.88. The highest BCUT2D eigenvalue weighted by atomic mass is 15.0. The van der Waals surface area contributed by atoms with Gasteiger partial charge in [0.2, 0.25) is 5.69 Å². The van der Waals surface area contributed by atoms with Gasteiger partial charge in [0, 0.05) is 21.1 Å². The Morgan fingerprint density at radius 3 is 2.73 bits per heavy atom. The van der Waals surface area contributed by atoms with Crippen molar-refractivity contribution in [3.05, 3.63) is 66.0 Å². The largest absolute Gasteiger partial charge is 0.300 e. The summed E-state index contributed by atoms with van der Waals surface area (Å²) in [5, 5.41) is 0. The van der Waals surface area contributed by atoms with Crippen molar-refractivity contribution in [2.45, 2.75) is 34.1 Å². The van der Waals surface area contributed by atoms with Crippen LogP contribution in [0.5, 0.6) is 0 Å². The molecule has 3 heteroatoms. The van der Waals surface area contributed by atoms with Gasteiger partial charge in [-0.2, -0.15) is 0 Å². The number of hydrogen-bond donors (Lipinski definition) is 0. The average Bonchev–Trinajstić information content (AvgIpc) is 3.01. The molecule has 0 saturated heterocycles. The van der Waals surface area contributed by atoms with E-state index in [0.29, 0.717) is 5.56 Å². The van der Waals surface area contributed by atoms with E-state index in [0.717, 1.165) is 33.5 Å². The van der Waals surface area contributed by atoms with Crippen LogP contribution in [0.3, 0.4) is 0 Å². The second-order valence-corrected chi connectivity index (χ2v) is 7.93. The third-order valence-corrected chi connectivity index (χ3v) is 4.68. The normalized spacial score (nSPS) is 13.9. The van der Waals surface area contributed by atoms with Gasteiger partial charge in [0.15, 0.2) is 6.20 Å². The number of aryl methyl sites for hydroxylation is 2. The standard InChI is InChI=1S/C23H26N3/c1-16-18(20-14-17(11-13-25(20)5)15-23(2,3)4)9-10-19-22(16)24-21-8-6-7-12-26(19)21/h6-14H,15H2,1-5H3/q+1/i15D2. The highest BCUT2D eigenvalue weighted by Gasteiger charge is 2.19. The van der Waals surface area contributed by atoms with Crippen molar-refractivity contribution in [1.29, 1.82) is 0 Å². The summed E-state index contributed by atoms with van der Waals surface area (Å²) < 4.78 is 21.4. The first-order valence-corrected chi connectivity index (χ1v) is 8.98. The minimum atomic E-state index is -1.43. The number of rotatable bonds is 2. The minimum absolute atomic E-state index is 0.495. The van der Waals surface area contributed by atoms with E-state index in [9.17, 15) is 0 Å². The fraction of sp³-hybridized carbons (Fsp3) is 0.304. The molecule has 0 N–H and O–H groups in total. The van der Waals surface area contributed by atoms with Crippen LogP contribution in [-0.4, -0.2) is 9.38 Å². The van der Waals surface area contributed by atoms with Crippen LogP contribution in [0.25, 0.3) is 27.9 Å². The number of aromatic nitrogens is 3. The molecular weight excluding hydrogens is 318 g/mol. The van der Waals surface area contributed by atoms with Crippen molar-refractivity contribution in [2.75, 3.05) is 0 Å². The molecule has 0 atom stereocenters. The lowest BCUT2D eigenvalue weighted by atomic mass is 9.88. The van der Waals surface area contributed by atoms with Gasteiger partial charge in [-0.1, -0.05) is 26.8 Å². The van der Waals surface area contributed by atoms with Crippen molar-refractivity contribution in [3.8, 4) is 11.3 Å². The predicted molar refractivity (Wildman–Crippen MR) is 107 cm³/mol. The number of imidazole rings is 1. The van der Waals surface area contributed by atoms with Crippen LogP contribution in [0.2, 0.25) is 0 Å². The second-order valence-electron chi connectivity index (χ2n) is 7.93. The summed E-state index contributed by atoms with van der Waals surface area (Å²) in [5.41, 5.74) is 6.36. The zero-order valence-corrected chi connectivity index (χ0v) is 16.0. The van der Waals surface area contributed by atoms with Crippen molar-refractivity contribution in [3.63, 3.8) is 0 Å². The minimum Gasteiger partial charge on any atom is -0.300 e. The lowest BCUT2D eigenvalue weighted by Crippen LogP contribution is -2.31. The molecule has 0 bridgehead atoms. The van der Waals surface area contributed by atoms with Gasteiger partial charge in [-0.05, 0) is 54.1 Å². The van der Waals surface area contributed by atoms with Crippen molar-refractivity contribution < 1.29 is 7.31 Å². The molecule has 0 saturated carbocycles. The third-order valence-electron chi connectivity index (χ3n) is 4.68. The van der Waals surface area contributed by atoms with E-state index in [1.165, 1.54) is 0 Å². The van der Waals surface area contributed by atoms with Gasteiger partial charge >= 0.3 is 0 Å². The van der Waals surface area contributed by atoms with Gasteiger partial charge < -0.3 is 0 Å². The zero-order valence-electron chi connectivity index (χ0n) is 18.0. The maximum absolute atomic E-state index is 8.65. The molecular formula is C23H26N3+. The van der Waals surface area contributed by atoms with Crippen LogP contribution in [0, 0.1) is 12.3 Å². The molecule has 3 aromatic heterocycles. The molecule has 26 heavy (non-hydrogen) atoms. The monoisotopic (exact) mass is 346 g/mol. The maximum atomic E-state index is 8.65. The lowest BCUT2D eigenvalue weighted by molar-refractivity contribution is -0.660. The molecule has 4 aromatic rings. The highest BCUT2D eigenvalue weighted by Crippen LogP contribution is 2.29. The van der Waals surface area contributed by atoms with Crippen LogP contribution in [0.4, 0.5) is 0 Å². The second kappa shape index (κ2) is 5.94. The van der Waals surface area contributed by atoms with Crippen molar-refractivity contribution in [2.24, 2.45) is 12.5 Å². The average molecular weight is 346 g/mol. The molecule has 0 aliphatic heterocycles. The Morgan fingerprint density at radius 2 is 1.96 bits per heavy atom. The summed E-state index contributed by atoms with van der Waals surface area (Å²) in [6.07, 6.45) is 2.54. The van der Waals surface area contributed by atoms with E-state index in [4.69, 9.17) is 7.73 Å². The van der Waals surface area contributed by atoms with Crippen molar-refractivity contribution in [1.82, 2.24) is 9.38 Å². The number of nitrogens with zero attached hydrogens (tertiary/aromatic N) is 3. The summed E-state index contributed by atoms with van der Waals surface area (Å²) in [4.78, 5) is 4.82. The lowest BCUT2D eigenvalue weighted by Gasteiger charge is -2.18. The van der Waals surface area contributed by atoms with Gasteiger partial charge in [-0.25, -0.2) is 9.55 Å². The molecule has 4 rings (SSSR count). The van der Waals surface area contributed by atoms with E-state index in [-0.39, 0.29) is 0 Å². The van der Waals surface area contributed by atoms with E-state index >= 15 is 0 Å². The van der Waals surface area contributed by atoms with Crippen LogP contribution >= 0.6 is 0 Å². The summed E-state index contributed by atoms with van der Waals surface area (Å²) in [6, 6.07) is 14.1. The fourth-order valence-corrected chi connectivity index (χ4v) is 3.49. The smallest absolute Gasteiger partial charge is 0.212 e. The van der Waals surface area contributed by atoms with Crippen LogP contribution < -0.4 is 4.57 Å². The van der Waals surface area contributed by atoms with Crippen LogP contribution in [-0.2, 0) is 13.4 Å². The third kappa shape index (κ3) is 2.88. The number of pyridine rings is 2. The molecule has 3 heterocycles. The van der Waals surface area contributed by atoms with Crippen molar-refractivity contribution >= 4 is 16.7 Å². The van der Waals surface area contributed by atoms with E-state index in [1.807, 2.05) is 75.1 Å². The quantitative estimate of drug-likeness (QED) is 0.474. The summed E-state index contributed by atoms with van der Waals surface area (Å²) in [7, 11) is 2.00. The maximum Gasteiger partial charge on any atom is 0.212 e. The Balaban J connectivity index is 1.94. The Hall–Kier alpha value is -2.68. The molecule has 0 aliphatic carbocycles. The molecule has 0 aliphatic rings. The SMILES string of the molecule is [2H]C([2H])(c1cc[n+](C)c(-c2ccc3c(nc4ccccn43)c2C)c1)C(C)(C)C. The molecule has 132 valence electrons. The van der Waals surface area contributed by atoms with E-state index in [1.54, 1.807) is 0 Å². The Kier molecular flexibility index (Phi) is 3.31. The van der Waals surface area contributed by atoms with Gasteiger partial charge in [0.25, 0.3) is 0 Å². The van der Waals surface area contributed by atoms with E-state index in [2.05, 4.69) is 23.5 Å². The Morgan fingerprint density at radius 1 is 1.15 bits per heavy atom. The van der Waals surface area contributed by atoms with Crippen LogP contribution in [0.15, 0.2) is 54.9 Å². The Labute approximate surface area is 157 Å². The highest BCUT2D eigenvalue weighted by molar-refractivity contribution is 5.88. The molecule has 0 spiro atoms. The number of benzene rings is 1. The zero-order chi connectivity index (χ0) is 20.3. The van der Waals surface area contributed by atoms with Gasteiger partial charge in [0.05, 0.1) is 16.6 Å². The summed E-state index contributed by atoms with van der Waals surface area (Å²) in [5.74, 6) is 0. The molecule has 0 amide bonds. The number of fused-ring (bicyclic) bond motifs is 3.